The fourth-order valence-electron chi connectivity index (χ4n) is 1.89. The van der Waals surface area contributed by atoms with Gasteiger partial charge in [0, 0.05) is 18.5 Å². The Bertz CT molecular complexity index is 705. The molecule has 0 saturated carbocycles. The third-order valence-corrected chi connectivity index (χ3v) is 6.67. The Morgan fingerprint density at radius 1 is 1.20 bits per heavy atom. The van der Waals surface area contributed by atoms with Gasteiger partial charge in [-0.3, -0.25) is 0 Å². The number of aryl methyl sites for hydroxylation is 2. The zero-order valence-electron chi connectivity index (χ0n) is 11.6. The Labute approximate surface area is 132 Å². The largest absolute Gasteiger partial charge is 0.244 e. The van der Waals surface area contributed by atoms with Crippen LogP contribution in [0.1, 0.15) is 16.0 Å². The van der Waals surface area contributed by atoms with Crippen LogP contribution in [0.3, 0.4) is 0 Å². The molecule has 20 heavy (non-hydrogen) atoms. The van der Waals surface area contributed by atoms with Crippen molar-refractivity contribution in [3.05, 3.63) is 50.1 Å². The second-order valence-corrected chi connectivity index (χ2v) is 9.37. The molecule has 2 rings (SSSR count). The number of thiophene rings is 1. The van der Waals surface area contributed by atoms with Crippen LogP contribution in [0.5, 0.6) is 0 Å². The van der Waals surface area contributed by atoms with E-state index < -0.39 is 10.0 Å². The monoisotopic (exact) mass is 373 g/mol. The van der Waals surface area contributed by atoms with Gasteiger partial charge in [0.2, 0.25) is 10.0 Å². The molecule has 3 nitrogen and oxygen atoms in total. The number of rotatable bonds is 4. The van der Waals surface area contributed by atoms with E-state index in [1.807, 2.05) is 38.1 Å². The van der Waals surface area contributed by atoms with E-state index in [0.717, 1.165) is 19.8 Å². The van der Waals surface area contributed by atoms with Crippen LogP contribution in [0.2, 0.25) is 0 Å². The molecule has 0 radical (unpaired) electrons. The van der Waals surface area contributed by atoms with Gasteiger partial charge in [-0.25, -0.2) is 8.42 Å². The zero-order chi connectivity index (χ0) is 14.9. The fourth-order valence-corrected chi connectivity index (χ4v) is 5.43. The van der Waals surface area contributed by atoms with Crippen molar-refractivity contribution < 1.29 is 8.42 Å². The van der Waals surface area contributed by atoms with E-state index >= 15 is 0 Å². The molecule has 1 heterocycles. The van der Waals surface area contributed by atoms with Crippen molar-refractivity contribution in [1.82, 2.24) is 4.31 Å². The number of sulfonamides is 1. The average molecular weight is 374 g/mol. The molecule has 0 atom stereocenters. The summed E-state index contributed by atoms with van der Waals surface area (Å²) in [5.41, 5.74) is 2.14. The molecule has 0 saturated heterocycles. The first-order valence-corrected chi connectivity index (χ1v) is 9.13. The van der Waals surface area contributed by atoms with Gasteiger partial charge < -0.3 is 0 Å². The highest BCUT2D eigenvalue weighted by Gasteiger charge is 2.24. The third-order valence-electron chi connectivity index (χ3n) is 3.06. The van der Waals surface area contributed by atoms with Gasteiger partial charge >= 0.3 is 0 Å². The summed E-state index contributed by atoms with van der Waals surface area (Å²) >= 11 is 4.77. The first-order valence-electron chi connectivity index (χ1n) is 6.08. The molecule has 108 valence electrons. The minimum absolute atomic E-state index is 0.371. The van der Waals surface area contributed by atoms with Gasteiger partial charge in [0.1, 0.15) is 0 Å². The molecule has 0 aliphatic carbocycles. The Kier molecular flexibility index (Phi) is 4.69. The summed E-state index contributed by atoms with van der Waals surface area (Å²) in [4.78, 5) is 1.18. The molecule has 0 N–H and O–H groups in total. The van der Waals surface area contributed by atoms with E-state index in [-0.39, 0.29) is 0 Å². The molecule has 0 aliphatic heterocycles. The quantitative estimate of drug-likeness (QED) is 0.813. The van der Waals surface area contributed by atoms with Crippen LogP contribution in [-0.4, -0.2) is 19.8 Å². The smallest absolute Gasteiger partial charge is 0.207 e. The van der Waals surface area contributed by atoms with E-state index in [4.69, 9.17) is 0 Å². The van der Waals surface area contributed by atoms with Crippen LogP contribution in [0.4, 0.5) is 0 Å². The van der Waals surface area contributed by atoms with Gasteiger partial charge in [-0.1, -0.05) is 29.8 Å². The molecule has 0 spiro atoms. The Balaban J connectivity index is 2.25. The Hall–Kier alpha value is -0.690. The third kappa shape index (κ3) is 3.31. The molecule has 6 heteroatoms. The molecule has 2 aromatic rings. The predicted molar refractivity (Wildman–Crippen MR) is 86.6 cm³/mol. The molecule has 0 unspecified atom stereocenters. The van der Waals surface area contributed by atoms with Crippen LogP contribution in [0.15, 0.2) is 39.0 Å². The maximum Gasteiger partial charge on any atom is 0.244 e. The van der Waals surface area contributed by atoms with E-state index in [2.05, 4.69) is 15.9 Å². The number of hydrogen-bond donors (Lipinski definition) is 0. The number of nitrogens with zero attached hydrogens (tertiary/aromatic N) is 1. The topological polar surface area (TPSA) is 37.4 Å². The zero-order valence-corrected chi connectivity index (χ0v) is 14.8. The van der Waals surface area contributed by atoms with Gasteiger partial charge in [0.15, 0.2) is 0 Å². The normalized spacial score (nSPS) is 12.1. The molecule has 0 bridgehead atoms. The second kappa shape index (κ2) is 5.97. The highest BCUT2D eigenvalue weighted by Crippen LogP contribution is 2.31. The van der Waals surface area contributed by atoms with Gasteiger partial charge in [0.05, 0.1) is 8.68 Å². The van der Waals surface area contributed by atoms with Crippen molar-refractivity contribution in [2.24, 2.45) is 0 Å². The van der Waals surface area contributed by atoms with Crippen LogP contribution < -0.4 is 0 Å². The molecule has 0 aliphatic rings. The molecule has 0 amide bonds. The summed E-state index contributed by atoms with van der Waals surface area (Å²) in [7, 11) is -1.83. The van der Waals surface area contributed by atoms with Crippen molar-refractivity contribution in [3.63, 3.8) is 0 Å². The molecule has 0 fully saturated rings. The minimum Gasteiger partial charge on any atom is -0.207 e. The lowest BCUT2D eigenvalue weighted by Gasteiger charge is -2.17. The standard InChI is InChI=1S/C14H16BrNO2S2/c1-10-4-6-12(7-5-10)9-16(3)20(17,18)13-8-14(15)19-11(13)2/h4-8H,9H2,1-3H3. The number of halogens is 1. The fraction of sp³-hybridized carbons (Fsp3) is 0.286. The lowest BCUT2D eigenvalue weighted by molar-refractivity contribution is 0.466. The lowest BCUT2D eigenvalue weighted by Crippen LogP contribution is -2.26. The first kappa shape index (κ1) is 15.7. The SMILES string of the molecule is Cc1ccc(CN(C)S(=O)(=O)c2cc(Br)sc2C)cc1. The Morgan fingerprint density at radius 3 is 2.30 bits per heavy atom. The van der Waals surface area contributed by atoms with Crippen molar-refractivity contribution in [3.8, 4) is 0 Å². The van der Waals surface area contributed by atoms with Gasteiger partial charge in [0.25, 0.3) is 0 Å². The van der Waals surface area contributed by atoms with E-state index in [1.165, 1.54) is 15.6 Å². The summed E-state index contributed by atoms with van der Waals surface area (Å²) in [6, 6.07) is 9.56. The van der Waals surface area contributed by atoms with Gasteiger partial charge in [-0.05, 0) is 41.4 Å². The second-order valence-electron chi connectivity index (χ2n) is 4.72. The highest BCUT2D eigenvalue weighted by molar-refractivity contribution is 9.11. The molecule has 1 aromatic carbocycles. The number of benzene rings is 1. The summed E-state index contributed by atoms with van der Waals surface area (Å²) in [5, 5.41) is 0. The van der Waals surface area contributed by atoms with Crippen LogP contribution in [0.25, 0.3) is 0 Å². The van der Waals surface area contributed by atoms with E-state index in [0.29, 0.717) is 11.4 Å². The minimum atomic E-state index is -3.44. The molecular formula is C14H16BrNO2S2. The van der Waals surface area contributed by atoms with Gasteiger partial charge in [-0.15, -0.1) is 11.3 Å². The van der Waals surface area contributed by atoms with Crippen LogP contribution in [-0.2, 0) is 16.6 Å². The summed E-state index contributed by atoms with van der Waals surface area (Å²) in [6.45, 7) is 4.20. The summed E-state index contributed by atoms with van der Waals surface area (Å²) in [5.74, 6) is 0. The van der Waals surface area contributed by atoms with E-state index in [9.17, 15) is 8.42 Å². The van der Waals surface area contributed by atoms with Crippen molar-refractivity contribution in [2.75, 3.05) is 7.05 Å². The highest BCUT2D eigenvalue weighted by atomic mass is 79.9. The summed E-state index contributed by atoms with van der Waals surface area (Å²) in [6.07, 6.45) is 0. The van der Waals surface area contributed by atoms with Gasteiger partial charge in [-0.2, -0.15) is 4.31 Å². The maximum atomic E-state index is 12.5. The maximum absolute atomic E-state index is 12.5. The van der Waals surface area contributed by atoms with E-state index in [1.54, 1.807) is 13.1 Å². The number of hydrogen-bond acceptors (Lipinski definition) is 3. The first-order chi connectivity index (χ1) is 9.30. The van der Waals surface area contributed by atoms with Crippen molar-refractivity contribution in [2.45, 2.75) is 25.3 Å². The van der Waals surface area contributed by atoms with Crippen molar-refractivity contribution in [1.29, 1.82) is 0 Å². The van der Waals surface area contributed by atoms with Crippen LogP contribution >= 0.6 is 27.3 Å². The average Bonchev–Trinajstić information content (AvgIpc) is 2.72. The Morgan fingerprint density at radius 2 is 1.80 bits per heavy atom. The van der Waals surface area contributed by atoms with Crippen molar-refractivity contribution >= 4 is 37.3 Å². The lowest BCUT2D eigenvalue weighted by atomic mass is 10.1. The summed E-state index contributed by atoms with van der Waals surface area (Å²) < 4.78 is 27.3. The predicted octanol–water partition coefficient (Wildman–Crippen LogP) is 3.95. The molecular weight excluding hydrogens is 358 g/mol. The van der Waals surface area contributed by atoms with Crippen LogP contribution in [0, 0.1) is 13.8 Å². The molecule has 1 aromatic heterocycles.